The van der Waals surface area contributed by atoms with Gasteiger partial charge in [0.05, 0.1) is 5.69 Å². The first-order valence-electron chi connectivity index (χ1n) is 6.61. The molecule has 0 spiro atoms. The molecule has 0 saturated carbocycles. The van der Waals surface area contributed by atoms with Crippen molar-refractivity contribution < 1.29 is 24.6 Å². The molecule has 107 valence electrons. The third-order valence-electron chi connectivity index (χ3n) is 3.69. The Morgan fingerprint density at radius 2 is 1.86 bits per heavy atom. The van der Waals surface area contributed by atoms with Crippen LogP contribution in [0.2, 0.25) is 0 Å². The third kappa shape index (κ3) is 1.95. The Kier molecular flexibility index (Phi) is 3.44. The van der Waals surface area contributed by atoms with Crippen LogP contribution in [0, 0.1) is 12.3 Å². The summed E-state index contributed by atoms with van der Waals surface area (Å²) in [5.41, 5.74) is 3.42. The van der Waals surface area contributed by atoms with Crippen LogP contribution in [0.25, 0.3) is 21.8 Å². The average molecular weight is 453 g/mol. The van der Waals surface area contributed by atoms with Gasteiger partial charge in [0.1, 0.15) is 11.7 Å². The minimum Gasteiger partial charge on any atom is -0.376 e. The average Bonchev–Trinajstić information content (AvgIpc) is 2.96. The second-order valence-electron chi connectivity index (χ2n) is 5.10. The van der Waals surface area contributed by atoms with Crippen LogP contribution in [0.15, 0.2) is 48.7 Å². The van der Waals surface area contributed by atoms with Crippen LogP contribution in [0.4, 0.5) is 5.69 Å². The Morgan fingerprint density at radius 1 is 1.05 bits per heavy atom. The summed E-state index contributed by atoms with van der Waals surface area (Å²) in [7, 11) is 4.14. The molecule has 0 fully saturated rings. The Balaban J connectivity index is 0.00000132. The smallest absolute Gasteiger partial charge is 0.145 e. The Hall–Kier alpha value is -1.90. The van der Waals surface area contributed by atoms with Gasteiger partial charge in [0.25, 0.3) is 0 Å². The molecule has 4 rings (SSSR count). The number of fused-ring (bicyclic) bond motifs is 6. The van der Waals surface area contributed by atoms with Gasteiger partial charge in [-0.2, -0.15) is 28.8 Å². The molecule has 0 bridgehead atoms. The molecule has 2 heterocycles. The molecule has 2 aromatic carbocycles. The van der Waals surface area contributed by atoms with Crippen LogP contribution in [0.5, 0.6) is 0 Å². The summed E-state index contributed by atoms with van der Waals surface area (Å²) in [6, 6.07) is 17.8. The summed E-state index contributed by atoms with van der Waals surface area (Å²) in [6.07, 6.45) is 5.29. The molecule has 0 aliphatic carbocycles. The zero-order valence-corrected chi connectivity index (χ0v) is 14.2. The Labute approximate surface area is 136 Å². The van der Waals surface area contributed by atoms with E-state index in [1.54, 1.807) is 0 Å². The largest absolute Gasteiger partial charge is 0.376 e. The SMILES string of the molecule is CN(C)c1cccc2c3ccc[c-]c3[n+]3[c-]ccn3c12.[Ir]. The number of para-hydroxylation sites is 2. The molecular formula is C17H14IrN3-. The molecule has 3 nitrogen and oxygen atoms in total. The molecule has 0 saturated heterocycles. The van der Waals surface area contributed by atoms with E-state index in [-0.39, 0.29) is 20.1 Å². The first-order valence-corrected chi connectivity index (χ1v) is 6.61. The summed E-state index contributed by atoms with van der Waals surface area (Å²) in [4.78, 5) is 2.14. The summed E-state index contributed by atoms with van der Waals surface area (Å²) in [6.45, 7) is 0. The molecule has 21 heavy (non-hydrogen) atoms. The van der Waals surface area contributed by atoms with Crippen molar-refractivity contribution in [3.63, 3.8) is 0 Å². The molecule has 2 aromatic heterocycles. The van der Waals surface area contributed by atoms with Gasteiger partial charge in [0, 0.05) is 39.7 Å². The maximum atomic E-state index is 3.32. The fraction of sp³-hybridized carbons (Fsp3) is 0.118. The van der Waals surface area contributed by atoms with Crippen LogP contribution in [0.1, 0.15) is 0 Å². The topological polar surface area (TPSA) is 11.8 Å². The molecule has 4 aromatic rings. The zero-order valence-electron chi connectivity index (χ0n) is 11.8. The van der Waals surface area contributed by atoms with Gasteiger partial charge in [0.2, 0.25) is 0 Å². The van der Waals surface area contributed by atoms with Gasteiger partial charge >= 0.3 is 0 Å². The Bertz CT molecular complexity index is 941. The van der Waals surface area contributed by atoms with Crippen LogP contribution >= 0.6 is 0 Å². The summed E-state index contributed by atoms with van der Waals surface area (Å²) < 4.78 is 4.15. The molecule has 0 N–H and O–H groups in total. The third-order valence-corrected chi connectivity index (χ3v) is 3.69. The second kappa shape index (κ2) is 5.14. The Morgan fingerprint density at radius 3 is 2.67 bits per heavy atom. The van der Waals surface area contributed by atoms with Crippen molar-refractivity contribution in [3.8, 4) is 0 Å². The van der Waals surface area contributed by atoms with Crippen molar-refractivity contribution in [2.75, 3.05) is 19.0 Å². The molecule has 1 radical (unpaired) electrons. The van der Waals surface area contributed by atoms with E-state index >= 15 is 0 Å². The van der Waals surface area contributed by atoms with Gasteiger partial charge in [-0.25, -0.2) is 4.52 Å². The van der Waals surface area contributed by atoms with E-state index in [9.17, 15) is 0 Å². The number of hydrogen-bond acceptors (Lipinski definition) is 1. The van der Waals surface area contributed by atoms with E-state index in [0.29, 0.717) is 0 Å². The fourth-order valence-electron chi connectivity index (χ4n) is 2.82. The molecule has 0 atom stereocenters. The second-order valence-corrected chi connectivity index (χ2v) is 5.10. The minimum atomic E-state index is 0. The van der Waals surface area contributed by atoms with E-state index in [0.717, 1.165) is 5.52 Å². The molecular weight excluding hydrogens is 438 g/mol. The standard InChI is InChI=1S/C17H14N3.Ir/c1-18(2)16-10-5-8-14-13-7-3-4-9-15(13)19-11-6-12-20(19)17(14)16;/h3-8,10,12H,1-2H3;/q-1;. The minimum absolute atomic E-state index is 0. The van der Waals surface area contributed by atoms with Crippen molar-refractivity contribution in [1.82, 2.24) is 4.52 Å². The van der Waals surface area contributed by atoms with Crippen LogP contribution < -0.4 is 9.42 Å². The van der Waals surface area contributed by atoms with E-state index < -0.39 is 0 Å². The van der Waals surface area contributed by atoms with Crippen molar-refractivity contribution in [1.29, 1.82) is 0 Å². The van der Waals surface area contributed by atoms with E-state index in [1.807, 2.05) is 28.9 Å². The van der Waals surface area contributed by atoms with Crippen LogP contribution in [-0.2, 0) is 20.1 Å². The summed E-state index contributed by atoms with van der Waals surface area (Å²) in [5.74, 6) is 0. The van der Waals surface area contributed by atoms with Gasteiger partial charge in [-0.3, -0.25) is 0 Å². The molecule has 0 amide bonds. The van der Waals surface area contributed by atoms with Crippen molar-refractivity contribution in [2.45, 2.75) is 0 Å². The maximum Gasteiger partial charge on any atom is 0.145 e. The number of aromatic nitrogens is 2. The van der Waals surface area contributed by atoms with Crippen molar-refractivity contribution >= 4 is 27.5 Å². The number of rotatable bonds is 1. The number of anilines is 1. The molecule has 0 unspecified atom stereocenters. The van der Waals surface area contributed by atoms with Crippen molar-refractivity contribution in [2.24, 2.45) is 0 Å². The summed E-state index contributed by atoms with van der Waals surface area (Å²) in [5, 5.41) is 2.42. The van der Waals surface area contributed by atoms with E-state index in [4.69, 9.17) is 0 Å². The van der Waals surface area contributed by atoms with Crippen LogP contribution in [0.3, 0.4) is 0 Å². The maximum absolute atomic E-state index is 3.32. The first-order chi connectivity index (χ1) is 9.77. The van der Waals surface area contributed by atoms with Gasteiger partial charge in [-0.15, -0.1) is 5.39 Å². The fourth-order valence-corrected chi connectivity index (χ4v) is 2.82. The first kappa shape index (κ1) is 14.1. The molecule has 0 aliphatic heterocycles. The van der Waals surface area contributed by atoms with Crippen LogP contribution in [-0.4, -0.2) is 18.6 Å². The van der Waals surface area contributed by atoms with E-state index in [2.05, 4.69) is 60.0 Å². The molecule has 0 aliphatic rings. The quantitative estimate of drug-likeness (QED) is 0.246. The number of hydrogen-bond donors (Lipinski definition) is 0. The zero-order chi connectivity index (χ0) is 13.7. The predicted molar refractivity (Wildman–Crippen MR) is 80.1 cm³/mol. The monoisotopic (exact) mass is 453 g/mol. The van der Waals surface area contributed by atoms with Crippen molar-refractivity contribution in [3.05, 3.63) is 60.9 Å². The van der Waals surface area contributed by atoms with Gasteiger partial charge in [0.15, 0.2) is 0 Å². The van der Waals surface area contributed by atoms with Gasteiger partial charge in [-0.1, -0.05) is 18.2 Å². The van der Waals surface area contributed by atoms with E-state index in [1.165, 1.54) is 22.0 Å². The predicted octanol–water partition coefficient (Wildman–Crippen LogP) is 2.50. The normalized spacial score (nSPS) is 11.0. The number of nitrogens with zero attached hydrogens (tertiary/aromatic N) is 3. The molecule has 4 heteroatoms. The number of benzene rings is 2. The van der Waals surface area contributed by atoms with Gasteiger partial charge < -0.3 is 4.90 Å². The van der Waals surface area contributed by atoms with Gasteiger partial charge in [-0.05, 0) is 17.6 Å². The summed E-state index contributed by atoms with van der Waals surface area (Å²) >= 11 is 0.